The van der Waals surface area contributed by atoms with Gasteiger partial charge in [0, 0.05) is 26.2 Å². The Kier molecular flexibility index (Phi) is 3.93. The average molecular weight is 344 g/mol. The Balaban J connectivity index is 1.55. The van der Waals surface area contributed by atoms with E-state index < -0.39 is 0 Å². The van der Waals surface area contributed by atoms with Crippen LogP contribution in [0.5, 0.6) is 0 Å². The van der Waals surface area contributed by atoms with Gasteiger partial charge < -0.3 is 10.2 Å². The van der Waals surface area contributed by atoms with Crippen molar-refractivity contribution in [3.05, 3.63) is 35.6 Å². The molecule has 1 unspecified atom stereocenters. The predicted molar refractivity (Wildman–Crippen MR) is 94.4 cm³/mol. The van der Waals surface area contributed by atoms with E-state index in [1.165, 1.54) is 0 Å². The molecule has 1 aromatic carbocycles. The number of hydrogen-bond donors (Lipinski definition) is 1. The van der Waals surface area contributed by atoms with Crippen molar-refractivity contribution in [2.24, 2.45) is 7.05 Å². The van der Waals surface area contributed by atoms with Crippen molar-refractivity contribution in [2.75, 3.05) is 23.3 Å². The summed E-state index contributed by atoms with van der Waals surface area (Å²) in [4.78, 5) is 10.9. The summed E-state index contributed by atoms with van der Waals surface area (Å²) in [6, 6.07) is 8.25. The van der Waals surface area contributed by atoms with Crippen molar-refractivity contribution in [1.29, 1.82) is 0 Å². The van der Waals surface area contributed by atoms with E-state index in [9.17, 15) is 0 Å². The van der Waals surface area contributed by atoms with Gasteiger partial charge in [-0.1, -0.05) is 28.9 Å². The van der Waals surface area contributed by atoms with Gasteiger partial charge in [-0.2, -0.15) is 0 Å². The first-order valence-electron chi connectivity index (χ1n) is 7.99. The zero-order valence-corrected chi connectivity index (χ0v) is 14.1. The summed E-state index contributed by atoms with van der Waals surface area (Å²) >= 11 is 6.34. The fourth-order valence-corrected chi connectivity index (χ4v) is 3.43. The number of piperidine rings is 1. The summed E-state index contributed by atoms with van der Waals surface area (Å²) in [7, 11) is 1.83. The molecule has 0 spiro atoms. The maximum Gasteiger partial charge on any atom is 0.183 e. The SMILES string of the molecule is Cn1nnc2c(NC3CCCN(c4ccccc4Cl)C3)ncnc21. The molecule has 3 heterocycles. The highest BCUT2D eigenvalue weighted by molar-refractivity contribution is 6.33. The molecule has 1 N–H and O–H groups in total. The average Bonchev–Trinajstić information content (AvgIpc) is 2.98. The number of aryl methyl sites for hydroxylation is 1. The van der Waals surface area contributed by atoms with Crippen LogP contribution in [-0.4, -0.2) is 44.1 Å². The van der Waals surface area contributed by atoms with E-state index in [-0.39, 0.29) is 6.04 Å². The molecule has 1 saturated heterocycles. The molecule has 124 valence electrons. The van der Waals surface area contributed by atoms with Gasteiger partial charge in [-0.05, 0) is 25.0 Å². The van der Waals surface area contributed by atoms with Crippen LogP contribution in [0.15, 0.2) is 30.6 Å². The van der Waals surface area contributed by atoms with Crippen LogP contribution in [0.1, 0.15) is 12.8 Å². The van der Waals surface area contributed by atoms with E-state index in [1.54, 1.807) is 11.0 Å². The number of nitrogens with one attached hydrogen (secondary N) is 1. The number of fused-ring (bicyclic) bond motifs is 1. The van der Waals surface area contributed by atoms with Crippen LogP contribution in [0.4, 0.5) is 11.5 Å². The third-order valence-electron chi connectivity index (χ3n) is 4.34. The van der Waals surface area contributed by atoms with Gasteiger partial charge >= 0.3 is 0 Å². The Hall–Kier alpha value is -2.41. The number of aromatic nitrogens is 5. The molecule has 1 fully saturated rings. The van der Waals surface area contributed by atoms with Gasteiger partial charge in [0.05, 0.1) is 10.7 Å². The first kappa shape index (κ1) is 15.1. The van der Waals surface area contributed by atoms with E-state index in [4.69, 9.17) is 11.6 Å². The molecular formula is C16H18ClN7. The lowest BCUT2D eigenvalue weighted by Crippen LogP contribution is -2.42. The van der Waals surface area contributed by atoms with E-state index in [0.29, 0.717) is 5.52 Å². The molecule has 0 saturated carbocycles. The second kappa shape index (κ2) is 6.24. The molecule has 1 aliphatic rings. The van der Waals surface area contributed by atoms with Gasteiger partial charge in [-0.3, -0.25) is 0 Å². The lowest BCUT2D eigenvalue weighted by molar-refractivity contribution is 0.529. The van der Waals surface area contributed by atoms with Crippen molar-refractivity contribution >= 4 is 34.3 Å². The minimum atomic E-state index is 0.273. The molecule has 24 heavy (non-hydrogen) atoms. The number of halogens is 1. The van der Waals surface area contributed by atoms with Crippen LogP contribution in [0.25, 0.3) is 11.2 Å². The van der Waals surface area contributed by atoms with Gasteiger partial charge in [-0.25, -0.2) is 14.6 Å². The smallest absolute Gasteiger partial charge is 0.183 e. The highest BCUT2D eigenvalue weighted by Crippen LogP contribution is 2.28. The molecule has 7 nitrogen and oxygen atoms in total. The van der Waals surface area contributed by atoms with Gasteiger partial charge in [0.15, 0.2) is 17.0 Å². The van der Waals surface area contributed by atoms with E-state index in [0.717, 1.165) is 48.1 Å². The van der Waals surface area contributed by atoms with Crippen molar-refractivity contribution in [2.45, 2.75) is 18.9 Å². The summed E-state index contributed by atoms with van der Waals surface area (Å²) in [5.41, 5.74) is 2.51. The molecule has 8 heteroatoms. The fraction of sp³-hybridized carbons (Fsp3) is 0.375. The van der Waals surface area contributed by atoms with Crippen LogP contribution in [-0.2, 0) is 7.05 Å². The van der Waals surface area contributed by atoms with Crippen LogP contribution in [0, 0.1) is 0 Å². The zero-order valence-electron chi connectivity index (χ0n) is 13.4. The number of para-hydroxylation sites is 1. The van der Waals surface area contributed by atoms with E-state index in [2.05, 4.69) is 36.6 Å². The van der Waals surface area contributed by atoms with E-state index in [1.807, 2.05) is 25.2 Å². The molecule has 1 aliphatic heterocycles. The molecule has 0 amide bonds. The summed E-state index contributed by atoms with van der Waals surface area (Å²) in [6.07, 6.45) is 3.72. The van der Waals surface area contributed by atoms with Crippen LogP contribution < -0.4 is 10.2 Å². The predicted octanol–water partition coefficient (Wildman–Crippen LogP) is 2.49. The minimum Gasteiger partial charge on any atom is -0.368 e. The Labute approximate surface area is 144 Å². The lowest BCUT2D eigenvalue weighted by Gasteiger charge is -2.35. The molecule has 2 aromatic heterocycles. The lowest BCUT2D eigenvalue weighted by atomic mass is 10.0. The number of hydrogen-bond acceptors (Lipinski definition) is 6. The van der Waals surface area contributed by atoms with Crippen molar-refractivity contribution < 1.29 is 0 Å². The zero-order chi connectivity index (χ0) is 16.5. The van der Waals surface area contributed by atoms with Gasteiger partial charge in [0.1, 0.15) is 6.33 Å². The van der Waals surface area contributed by atoms with Crippen LogP contribution >= 0.6 is 11.6 Å². The summed E-state index contributed by atoms with van der Waals surface area (Å²) in [6.45, 7) is 1.88. The Morgan fingerprint density at radius 2 is 2.12 bits per heavy atom. The first-order valence-corrected chi connectivity index (χ1v) is 8.36. The van der Waals surface area contributed by atoms with Gasteiger partial charge in [0.2, 0.25) is 0 Å². The monoisotopic (exact) mass is 343 g/mol. The number of rotatable bonds is 3. The second-order valence-corrected chi connectivity index (χ2v) is 6.40. The molecule has 4 rings (SSSR count). The van der Waals surface area contributed by atoms with Crippen LogP contribution in [0.2, 0.25) is 5.02 Å². The number of benzene rings is 1. The highest BCUT2D eigenvalue weighted by atomic mass is 35.5. The molecule has 0 bridgehead atoms. The maximum absolute atomic E-state index is 6.34. The van der Waals surface area contributed by atoms with Gasteiger partial charge in [0.25, 0.3) is 0 Å². The molecule has 0 radical (unpaired) electrons. The van der Waals surface area contributed by atoms with Crippen molar-refractivity contribution in [1.82, 2.24) is 25.0 Å². The van der Waals surface area contributed by atoms with Crippen molar-refractivity contribution in [3.63, 3.8) is 0 Å². The summed E-state index contributed by atoms with van der Waals surface area (Å²) < 4.78 is 1.65. The summed E-state index contributed by atoms with van der Waals surface area (Å²) in [5, 5.41) is 12.5. The Morgan fingerprint density at radius 3 is 3.00 bits per heavy atom. The molecule has 3 aromatic rings. The molecular weight excluding hydrogens is 326 g/mol. The third-order valence-corrected chi connectivity index (χ3v) is 4.66. The molecule has 0 aliphatic carbocycles. The Morgan fingerprint density at radius 1 is 1.25 bits per heavy atom. The number of nitrogens with zero attached hydrogens (tertiary/aromatic N) is 6. The number of anilines is 2. The third kappa shape index (κ3) is 2.75. The van der Waals surface area contributed by atoms with Gasteiger partial charge in [-0.15, -0.1) is 5.10 Å². The first-order chi connectivity index (χ1) is 11.7. The van der Waals surface area contributed by atoms with E-state index >= 15 is 0 Å². The maximum atomic E-state index is 6.34. The van der Waals surface area contributed by atoms with Crippen LogP contribution in [0.3, 0.4) is 0 Å². The quantitative estimate of drug-likeness (QED) is 0.787. The standard InChI is InChI=1S/C16H18ClN7/c1-23-16-14(21-22-23)15(18-10-19-16)20-11-5-4-8-24(9-11)13-7-3-2-6-12(13)17/h2-3,6-7,10-11H,4-5,8-9H2,1H3,(H,18,19,20). The largest absolute Gasteiger partial charge is 0.368 e. The normalized spacial score (nSPS) is 18.1. The Bertz CT molecular complexity index is 863. The topological polar surface area (TPSA) is 71.8 Å². The van der Waals surface area contributed by atoms with Crippen molar-refractivity contribution in [3.8, 4) is 0 Å². The second-order valence-electron chi connectivity index (χ2n) is 5.99. The minimum absolute atomic E-state index is 0.273. The fourth-order valence-electron chi connectivity index (χ4n) is 3.17. The molecule has 1 atom stereocenters. The summed E-state index contributed by atoms with van der Waals surface area (Å²) in [5.74, 6) is 0.735. The highest BCUT2D eigenvalue weighted by Gasteiger charge is 2.23.